The van der Waals surface area contributed by atoms with Crippen LogP contribution in [0, 0.1) is 6.92 Å². The van der Waals surface area contributed by atoms with Crippen LogP contribution >= 0.6 is 0 Å². The van der Waals surface area contributed by atoms with Gasteiger partial charge >= 0.3 is 5.97 Å². The van der Waals surface area contributed by atoms with Gasteiger partial charge in [-0.15, -0.1) is 0 Å². The summed E-state index contributed by atoms with van der Waals surface area (Å²) in [5.41, 5.74) is 13.8. The van der Waals surface area contributed by atoms with Gasteiger partial charge in [0, 0.05) is 11.3 Å². The third-order valence-electron chi connectivity index (χ3n) is 2.92. The van der Waals surface area contributed by atoms with Gasteiger partial charge < -0.3 is 16.2 Å². The molecule has 0 aliphatic rings. The lowest BCUT2D eigenvalue weighted by molar-refractivity contribution is 0.0472. The number of anilines is 1. The first kappa shape index (κ1) is 14.6. The Kier molecular flexibility index (Phi) is 4.23. The van der Waals surface area contributed by atoms with Crippen molar-refractivity contribution in [2.45, 2.75) is 13.5 Å². The molecule has 0 saturated carbocycles. The number of carbonyl (C=O) groups excluding carboxylic acids is 2. The highest BCUT2D eigenvalue weighted by Gasteiger charge is 2.09. The van der Waals surface area contributed by atoms with Crippen molar-refractivity contribution < 1.29 is 14.3 Å². The number of hydrogen-bond donors (Lipinski definition) is 2. The zero-order chi connectivity index (χ0) is 15.4. The molecular weight excluding hydrogens is 268 g/mol. The summed E-state index contributed by atoms with van der Waals surface area (Å²) in [4.78, 5) is 23.1. The Hall–Kier alpha value is -2.82. The van der Waals surface area contributed by atoms with E-state index in [-0.39, 0.29) is 6.61 Å². The average molecular weight is 284 g/mol. The minimum Gasteiger partial charge on any atom is -0.457 e. The molecule has 0 aromatic heterocycles. The van der Waals surface area contributed by atoms with E-state index >= 15 is 0 Å². The maximum atomic E-state index is 12.0. The van der Waals surface area contributed by atoms with Crippen LogP contribution in [0.25, 0.3) is 0 Å². The number of aryl methyl sites for hydroxylation is 1. The van der Waals surface area contributed by atoms with Crippen molar-refractivity contribution in [3.05, 3.63) is 64.7 Å². The number of amides is 1. The fourth-order valence-corrected chi connectivity index (χ4v) is 1.98. The number of nitrogens with two attached hydrogens (primary N) is 2. The van der Waals surface area contributed by atoms with E-state index in [9.17, 15) is 9.59 Å². The van der Waals surface area contributed by atoms with E-state index < -0.39 is 11.9 Å². The lowest BCUT2D eigenvalue weighted by Crippen LogP contribution is -2.11. The molecule has 2 rings (SSSR count). The Labute approximate surface area is 122 Å². The maximum Gasteiger partial charge on any atom is 0.338 e. The molecule has 0 atom stereocenters. The van der Waals surface area contributed by atoms with E-state index in [2.05, 4.69) is 0 Å². The second-order valence-corrected chi connectivity index (χ2v) is 4.77. The molecule has 5 heteroatoms. The fourth-order valence-electron chi connectivity index (χ4n) is 1.98. The highest BCUT2D eigenvalue weighted by Crippen LogP contribution is 2.14. The molecule has 0 saturated heterocycles. The van der Waals surface area contributed by atoms with E-state index in [1.807, 2.05) is 6.92 Å². The normalized spacial score (nSPS) is 10.1. The minimum atomic E-state index is -0.519. The van der Waals surface area contributed by atoms with Crippen LogP contribution in [0.15, 0.2) is 42.5 Å². The van der Waals surface area contributed by atoms with E-state index in [1.165, 1.54) is 0 Å². The van der Waals surface area contributed by atoms with Crippen LogP contribution in [0.5, 0.6) is 0 Å². The molecule has 0 heterocycles. The second-order valence-electron chi connectivity index (χ2n) is 4.77. The van der Waals surface area contributed by atoms with Crippen molar-refractivity contribution >= 4 is 17.6 Å². The first-order valence-electron chi connectivity index (χ1n) is 6.39. The Morgan fingerprint density at radius 2 is 1.86 bits per heavy atom. The largest absolute Gasteiger partial charge is 0.457 e. The maximum absolute atomic E-state index is 12.0. The Balaban J connectivity index is 2.07. The van der Waals surface area contributed by atoms with Gasteiger partial charge in [-0.3, -0.25) is 4.79 Å². The number of benzene rings is 2. The molecule has 21 heavy (non-hydrogen) atoms. The fraction of sp³-hybridized carbons (Fsp3) is 0.125. The summed E-state index contributed by atoms with van der Waals surface area (Å²) in [7, 11) is 0. The lowest BCUT2D eigenvalue weighted by atomic mass is 10.1. The summed E-state index contributed by atoms with van der Waals surface area (Å²) in [5, 5.41) is 0. The summed E-state index contributed by atoms with van der Waals surface area (Å²) >= 11 is 0. The minimum absolute atomic E-state index is 0.0633. The number of carbonyl (C=O) groups is 2. The topological polar surface area (TPSA) is 95.4 Å². The molecule has 0 radical (unpaired) electrons. The third-order valence-corrected chi connectivity index (χ3v) is 2.92. The van der Waals surface area contributed by atoms with E-state index in [1.54, 1.807) is 42.5 Å². The molecule has 0 unspecified atom stereocenters. The first-order chi connectivity index (χ1) is 9.95. The van der Waals surface area contributed by atoms with Crippen LogP contribution in [0.1, 0.15) is 31.8 Å². The van der Waals surface area contributed by atoms with Gasteiger partial charge in [0.05, 0.1) is 5.56 Å². The van der Waals surface area contributed by atoms with Gasteiger partial charge in [0.25, 0.3) is 0 Å². The molecule has 5 nitrogen and oxygen atoms in total. The predicted octanol–water partition coefficient (Wildman–Crippen LogP) is 2.03. The van der Waals surface area contributed by atoms with Gasteiger partial charge in [0.1, 0.15) is 6.61 Å². The molecule has 1 amide bonds. The molecule has 4 N–H and O–H groups in total. The Morgan fingerprint density at radius 1 is 1.10 bits per heavy atom. The molecular formula is C16H16N2O3. The first-order valence-corrected chi connectivity index (χ1v) is 6.39. The van der Waals surface area contributed by atoms with E-state index in [0.717, 1.165) is 5.56 Å². The summed E-state index contributed by atoms with van der Waals surface area (Å²) in [6.45, 7) is 1.91. The number of hydrogen-bond acceptors (Lipinski definition) is 4. The highest BCUT2D eigenvalue weighted by atomic mass is 16.5. The van der Waals surface area contributed by atoms with Gasteiger partial charge in [0.2, 0.25) is 5.91 Å². The van der Waals surface area contributed by atoms with Gasteiger partial charge in [-0.2, -0.15) is 0 Å². The number of esters is 1. The van der Waals surface area contributed by atoms with Crippen LogP contribution < -0.4 is 11.5 Å². The summed E-state index contributed by atoms with van der Waals surface area (Å²) < 4.78 is 5.21. The highest BCUT2D eigenvalue weighted by molar-refractivity contribution is 5.93. The molecule has 0 aliphatic carbocycles. The number of rotatable bonds is 4. The summed E-state index contributed by atoms with van der Waals surface area (Å²) in [6.07, 6.45) is 0. The molecule has 2 aromatic carbocycles. The Morgan fingerprint density at radius 3 is 2.52 bits per heavy atom. The van der Waals surface area contributed by atoms with Crippen LogP contribution in [-0.4, -0.2) is 11.9 Å². The van der Waals surface area contributed by atoms with Crippen LogP contribution in [0.2, 0.25) is 0 Å². The van der Waals surface area contributed by atoms with Gasteiger partial charge in [0.15, 0.2) is 0 Å². The predicted molar refractivity (Wildman–Crippen MR) is 79.7 cm³/mol. The van der Waals surface area contributed by atoms with Crippen molar-refractivity contribution in [3.63, 3.8) is 0 Å². The third kappa shape index (κ3) is 3.82. The standard InChI is InChI=1S/C16H16N2O3/c1-10-5-13(8-14(17)6-10)16(20)21-9-11-3-2-4-12(7-11)15(18)19/h2-8H,9,17H2,1H3,(H2,18,19). The van der Waals surface area contributed by atoms with Gasteiger partial charge in [-0.05, 0) is 48.4 Å². The smallest absolute Gasteiger partial charge is 0.338 e. The zero-order valence-corrected chi connectivity index (χ0v) is 11.6. The molecule has 0 bridgehead atoms. The van der Waals surface area contributed by atoms with Crippen molar-refractivity contribution in [1.82, 2.24) is 0 Å². The average Bonchev–Trinajstić information content (AvgIpc) is 2.44. The van der Waals surface area contributed by atoms with Gasteiger partial charge in [-0.25, -0.2) is 4.79 Å². The van der Waals surface area contributed by atoms with Crippen molar-refractivity contribution in [2.75, 3.05) is 5.73 Å². The number of nitrogen functional groups attached to an aromatic ring is 1. The molecule has 2 aromatic rings. The van der Waals surface area contributed by atoms with Crippen molar-refractivity contribution in [3.8, 4) is 0 Å². The second kappa shape index (κ2) is 6.09. The van der Waals surface area contributed by atoms with Gasteiger partial charge in [-0.1, -0.05) is 12.1 Å². The van der Waals surface area contributed by atoms with Crippen LogP contribution in [0.4, 0.5) is 5.69 Å². The van der Waals surface area contributed by atoms with Crippen molar-refractivity contribution in [1.29, 1.82) is 0 Å². The molecule has 0 fully saturated rings. The molecule has 0 aliphatic heterocycles. The summed E-state index contributed by atoms with van der Waals surface area (Å²) in [5.74, 6) is -0.982. The zero-order valence-electron chi connectivity index (χ0n) is 11.6. The lowest BCUT2D eigenvalue weighted by Gasteiger charge is -2.07. The SMILES string of the molecule is Cc1cc(N)cc(C(=O)OCc2cccc(C(N)=O)c2)c1. The quantitative estimate of drug-likeness (QED) is 0.663. The molecule has 108 valence electrons. The van der Waals surface area contributed by atoms with Crippen LogP contribution in [0.3, 0.4) is 0 Å². The molecule has 0 spiro atoms. The number of primary amides is 1. The van der Waals surface area contributed by atoms with Crippen LogP contribution in [-0.2, 0) is 11.3 Å². The Bertz CT molecular complexity index is 675. The van der Waals surface area contributed by atoms with E-state index in [0.29, 0.717) is 22.4 Å². The monoisotopic (exact) mass is 284 g/mol. The number of ether oxygens (including phenoxy) is 1. The van der Waals surface area contributed by atoms with Crippen molar-refractivity contribution in [2.24, 2.45) is 5.73 Å². The summed E-state index contributed by atoms with van der Waals surface area (Å²) in [6, 6.07) is 11.7. The van der Waals surface area contributed by atoms with E-state index in [4.69, 9.17) is 16.2 Å².